The molecular formula is C10H10N2O2. The molecule has 2 aliphatic rings. The molecule has 0 bridgehead atoms. The predicted octanol–water partition coefficient (Wildman–Crippen LogP) is 1.26. The molecule has 14 heavy (non-hydrogen) atoms. The van der Waals surface area contributed by atoms with Gasteiger partial charge in [-0.2, -0.15) is 0 Å². The lowest BCUT2D eigenvalue weighted by molar-refractivity contribution is 0.174. The molecule has 3 rings (SSSR count). The molecule has 72 valence electrons. The highest BCUT2D eigenvalue weighted by Crippen LogP contribution is 2.40. The van der Waals surface area contributed by atoms with Crippen molar-refractivity contribution in [3.05, 3.63) is 18.2 Å². The van der Waals surface area contributed by atoms with Gasteiger partial charge in [-0.05, 0) is 12.1 Å². The van der Waals surface area contributed by atoms with Gasteiger partial charge in [-0.15, -0.1) is 0 Å². The van der Waals surface area contributed by atoms with Crippen LogP contribution in [0, 0.1) is 0 Å². The molecule has 0 aromatic heterocycles. The van der Waals surface area contributed by atoms with E-state index in [0.717, 1.165) is 30.3 Å². The van der Waals surface area contributed by atoms with Crippen LogP contribution in [0.4, 0.5) is 5.69 Å². The third-order valence-corrected chi connectivity index (χ3v) is 2.38. The van der Waals surface area contributed by atoms with E-state index in [1.54, 1.807) is 0 Å². The second-order valence-corrected chi connectivity index (χ2v) is 3.23. The third-order valence-electron chi connectivity index (χ3n) is 2.38. The van der Waals surface area contributed by atoms with Gasteiger partial charge < -0.3 is 14.4 Å². The highest BCUT2D eigenvalue weighted by Gasteiger charge is 2.21. The first-order valence-electron chi connectivity index (χ1n) is 4.60. The summed E-state index contributed by atoms with van der Waals surface area (Å²) in [6.07, 6.45) is 1.84. The molecule has 0 fully saturated rings. The fourth-order valence-electron chi connectivity index (χ4n) is 1.70. The summed E-state index contributed by atoms with van der Waals surface area (Å²) in [6.45, 7) is 2.08. The molecule has 0 amide bonds. The lowest BCUT2D eigenvalue weighted by Crippen LogP contribution is -2.18. The monoisotopic (exact) mass is 190 g/mol. The van der Waals surface area contributed by atoms with Gasteiger partial charge in [-0.25, -0.2) is 0 Å². The minimum absolute atomic E-state index is 0.317. The van der Waals surface area contributed by atoms with Crippen molar-refractivity contribution in [3.63, 3.8) is 0 Å². The van der Waals surface area contributed by atoms with Crippen LogP contribution in [0.15, 0.2) is 23.2 Å². The Labute approximate surface area is 81.8 Å². The Balaban J connectivity index is 2.05. The maximum atomic E-state index is 5.42. The van der Waals surface area contributed by atoms with Crippen molar-refractivity contribution < 1.29 is 9.47 Å². The number of rotatable bonds is 1. The molecule has 0 atom stereocenters. The van der Waals surface area contributed by atoms with Crippen molar-refractivity contribution in [2.24, 2.45) is 4.99 Å². The molecule has 0 saturated heterocycles. The van der Waals surface area contributed by atoms with E-state index in [-0.39, 0.29) is 0 Å². The molecule has 0 N–H and O–H groups in total. The van der Waals surface area contributed by atoms with Crippen LogP contribution in [-0.2, 0) is 0 Å². The number of benzene rings is 1. The average Bonchev–Trinajstić information content (AvgIpc) is 2.88. The van der Waals surface area contributed by atoms with Crippen LogP contribution >= 0.6 is 0 Å². The molecule has 0 aliphatic carbocycles. The number of nitrogens with zero attached hydrogens (tertiary/aromatic N) is 2. The van der Waals surface area contributed by atoms with Crippen LogP contribution in [0.2, 0.25) is 0 Å². The zero-order valence-corrected chi connectivity index (χ0v) is 7.64. The number of ether oxygens (including phenoxy) is 2. The fourth-order valence-corrected chi connectivity index (χ4v) is 1.70. The summed E-state index contributed by atoms with van der Waals surface area (Å²) in [7, 11) is 0. The number of para-hydroxylation sites is 1. The second kappa shape index (κ2) is 2.90. The molecule has 0 radical (unpaired) electrons. The van der Waals surface area contributed by atoms with Crippen molar-refractivity contribution in [1.29, 1.82) is 0 Å². The molecule has 2 aliphatic heterocycles. The van der Waals surface area contributed by atoms with Gasteiger partial charge in [-0.1, -0.05) is 6.07 Å². The van der Waals surface area contributed by atoms with Crippen molar-refractivity contribution in [2.75, 3.05) is 24.8 Å². The van der Waals surface area contributed by atoms with E-state index in [0.29, 0.717) is 6.79 Å². The molecule has 1 aromatic carbocycles. The molecule has 0 unspecified atom stereocenters. The van der Waals surface area contributed by atoms with E-state index < -0.39 is 0 Å². The summed E-state index contributed by atoms with van der Waals surface area (Å²) in [5.41, 5.74) is 1.04. The zero-order valence-electron chi connectivity index (χ0n) is 7.64. The first-order chi connectivity index (χ1) is 6.95. The molecule has 1 aromatic rings. The fraction of sp³-hybridized carbons (Fsp3) is 0.300. The maximum Gasteiger partial charge on any atom is 0.231 e. The van der Waals surface area contributed by atoms with Crippen LogP contribution in [0.3, 0.4) is 0 Å². The number of anilines is 1. The van der Waals surface area contributed by atoms with Gasteiger partial charge in [-0.3, -0.25) is 4.99 Å². The maximum absolute atomic E-state index is 5.42. The van der Waals surface area contributed by atoms with Crippen molar-refractivity contribution >= 4 is 12.0 Å². The zero-order chi connectivity index (χ0) is 9.38. The third kappa shape index (κ3) is 1.04. The first-order valence-corrected chi connectivity index (χ1v) is 4.60. The summed E-state index contributed by atoms with van der Waals surface area (Å²) in [5, 5.41) is 0. The minimum atomic E-state index is 0.317. The lowest BCUT2D eigenvalue weighted by atomic mass is 10.2. The Morgan fingerprint density at radius 2 is 2.29 bits per heavy atom. The van der Waals surface area contributed by atoms with Crippen molar-refractivity contribution in [3.8, 4) is 11.5 Å². The van der Waals surface area contributed by atoms with Crippen LogP contribution < -0.4 is 14.4 Å². The van der Waals surface area contributed by atoms with E-state index in [2.05, 4.69) is 9.89 Å². The normalized spacial score (nSPS) is 17.9. The number of hydrogen-bond donors (Lipinski definition) is 0. The second-order valence-electron chi connectivity index (χ2n) is 3.23. The van der Waals surface area contributed by atoms with Gasteiger partial charge in [0.1, 0.15) is 0 Å². The van der Waals surface area contributed by atoms with E-state index in [1.807, 2.05) is 24.5 Å². The lowest BCUT2D eigenvalue weighted by Gasteiger charge is -2.15. The molecule has 4 heteroatoms. The Morgan fingerprint density at radius 3 is 3.14 bits per heavy atom. The van der Waals surface area contributed by atoms with E-state index in [4.69, 9.17) is 9.47 Å². The van der Waals surface area contributed by atoms with Gasteiger partial charge in [0.2, 0.25) is 6.79 Å². The Bertz CT molecular complexity index is 390. The Kier molecular flexibility index (Phi) is 1.59. The SMILES string of the molecule is C1=NCCN1c1cccc2c1OCO2. The van der Waals surface area contributed by atoms with E-state index in [9.17, 15) is 0 Å². The van der Waals surface area contributed by atoms with Crippen molar-refractivity contribution in [2.45, 2.75) is 0 Å². The first kappa shape index (κ1) is 7.67. The molecule has 4 nitrogen and oxygen atoms in total. The van der Waals surface area contributed by atoms with Gasteiger partial charge in [0.15, 0.2) is 11.5 Å². The molecule has 2 heterocycles. The Hall–Kier alpha value is -1.71. The minimum Gasteiger partial charge on any atom is -0.454 e. The summed E-state index contributed by atoms with van der Waals surface area (Å²) >= 11 is 0. The number of fused-ring (bicyclic) bond motifs is 1. The van der Waals surface area contributed by atoms with Crippen molar-refractivity contribution in [1.82, 2.24) is 0 Å². The topological polar surface area (TPSA) is 34.1 Å². The summed E-state index contributed by atoms with van der Waals surface area (Å²) < 4.78 is 10.7. The average molecular weight is 190 g/mol. The number of aliphatic imine (C=N–C) groups is 1. The standard InChI is InChI=1S/C10H10N2O2/c1-2-8(12-5-4-11-6-12)10-9(3-1)13-7-14-10/h1-3,6H,4-5,7H2. The number of hydrogen-bond acceptors (Lipinski definition) is 4. The highest BCUT2D eigenvalue weighted by atomic mass is 16.7. The quantitative estimate of drug-likeness (QED) is 0.668. The molecular weight excluding hydrogens is 180 g/mol. The highest BCUT2D eigenvalue weighted by molar-refractivity contribution is 5.85. The summed E-state index contributed by atoms with van der Waals surface area (Å²) in [5.74, 6) is 1.66. The molecule has 0 saturated carbocycles. The largest absolute Gasteiger partial charge is 0.454 e. The Morgan fingerprint density at radius 1 is 1.29 bits per heavy atom. The van der Waals surface area contributed by atoms with E-state index >= 15 is 0 Å². The van der Waals surface area contributed by atoms with Crippen LogP contribution in [0.25, 0.3) is 0 Å². The van der Waals surface area contributed by atoms with Gasteiger partial charge in [0.05, 0.1) is 18.6 Å². The predicted molar refractivity (Wildman–Crippen MR) is 53.3 cm³/mol. The van der Waals surface area contributed by atoms with E-state index in [1.165, 1.54) is 0 Å². The summed E-state index contributed by atoms with van der Waals surface area (Å²) in [6, 6.07) is 5.90. The van der Waals surface area contributed by atoms with Crippen LogP contribution in [0.1, 0.15) is 0 Å². The smallest absolute Gasteiger partial charge is 0.231 e. The molecule has 0 spiro atoms. The van der Waals surface area contributed by atoms with Gasteiger partial charge >= 0.3 is 0 Å². The summed E-state index contributed by atoms with van der Waals surface area (Å²) in [4.78, 5) is 6.25. The van der Waals surface area contributed by atoms with Gasteiger partial charge in [0, 0.05) is 6.54 Å². The van der Waals surface area contributed by atoms with Crippen LogP contribution in [-0.4, -0.2) is 26.2 Å². The van der Waals surface area contributed by atoms with Crippen LogP contribution in [0.5, 0.6) is 11.5 Å². The van der Waals surface area contributed by atoms with Gasteiger partial charge in [0.25, 0.3) is 0 Å².